The number of aromatic nitrogens is 2. The van der Waals surface area contributed by atoms with Crippen LogP contribution in [0.25, 0.3) is 27.5 Å². The first-order valence-electron chi connectivity index (χ1n) is 23.0. The van der Waals surface area contributed by atoms with Crippen molar-refractivity contribution in [3.05, 3.63) is 193 Å². The predicted molar refractivity (Wildman–Crippen MR) is 268 cm³/mol. The monoisotopic (exact) mass is 944 g/mol. The molecule has 0 radical (unpaired) electrons. The summed E-state index contributed by atoms with van der Waals surface area (Å²) in [6, 6.07) is 43.2. The van der Waals surface area contributed by atoms with Gasteiger partial charge in [0.25, 0.3) is 0 Å². The number of fused-ring (bicyclic) bond motifs is 3. The van der Waals surface area contributed by atoms with Gasteiger partial charge in [-0.1, -0.05) is 134 Å². The number of benzene rings is 5. The Kier molecular flexibility index (Phi) is 17.1. The molecule has 70 heavy (non-hydrogen) atoms. The molecular weight excluding hydrogens is 888 g/mol. The van der Waals surface area contributed by atoms with Crippen molar-refractivity contribution >= 4 is 51.1 Å². The van der Waals surface area contributed by atoms with Crippen LogP contribution in [0.15, 0.2) is 171 Å². The lowest BCUT2D eigenvalue weighted by Crippen LogP contribution is -2.52. The number of hydrogen-bond acceptors (Lipinski definition) is 10. The number of hydrogen-bond donors (Lipinski definition) is 3. The summed E-state index contributed by atoms with van der Waals surface area (Å²) in [5, 5.41) is 16.8. The fourth-order valence-corrected chi connectivity index (χ4v) is 8.30. The van der Waals surface area contributed by atoms with Gasteiger partial charge >= 0.3 is 0 Å². The Morgan fingerprint density at radius 2 is 1.23 bits per heavy atom. The normalized spacial score (nSPS) is 13.0. The molecule has 4 N–H and O–H groups in total. The van der Waals surface area contributed by atoms with Crippen LogP contribution in [0.4, 0.5) is 4.39 Å². The second-order valence-corrected chi connectivity index (χ2v) is 16.8. The molecule has 15 heteroatoms. The van der Waals surface area contributed by atoms with Crippen LogP contribution in [0.1, 0.15) is 54.5 Å². The molecular formula is C55H57FN8O6. The maximum atomic E-state index is 17.1. The smallest absolute Gasteiger partial charge is 0.247 e. The molecule has 2 heterocycles. The maximum absolute atomic E-state index is 17.1. The van der Waals surface area contributed by atoms with Crippen molar-refractivity contribution in [1.82, 2.24) is 34.9 Å². The molecule has 1 unspecified atom stereocenters. The standard InChI is InChI=1S/C55H57FN8O6/c1-38(41-18-8-4-9-19-41)61(34-48(57)65)50(67)35-63(40(3)43-22-12-6-13-23-43)51(68)37-64(55(56)44-24-14-7-15-25-44)52(69)36-62(39(2)42-20-10-5-11-21-42)49(66)33-58-30-31-70-47-32-45-26-16-28-59-53(45)54-46(47)27-17-29-60-54/h4-29,32,38-39,49,55,58,66H,3,30-31,33-37H2,1-2H3,(H2,57,65)/t38-,39-,49?,55+/m0/s1. The van der Waals surface area contributed by atoms with Crippen molar-refractivity contribution in [3.8, 4) is 5.75 Å². The lowest BCUT2D eigenvalue weighted by molar-refractivity contribution is -0.149. The second kappa shape index (κ2) is 23.9. The van der Waals surface area contributed by atoms with E-state index in [0.717, 1.165) is 42.7 Å². The number of halogens is 1. The Labute approximate surface area is 406 Å². The van der Waals surface area contributed by atoms with E-state index in [0.29, 0.717) is 17.9 Å². The Morgan fingerprint density at radius 1 is 0.671 bits per heavy atom. The summed E-state index contributed by atoms with van der Waals surface area (Å²) in [6.07, 6.45) is 0.0281. The average molecular weight is 945 g/mol. The number of rotatable bonds is 23. The fourth-order valence-electron chi connectivity index (χ4n) is 8.30. The first kappa shape index (κ1) is 50.0. The minimum absolute atomic E-state index is 0.00950. The van der Waals surface area contributed by atoms with Crippen molar-refractivity contribution in [2.75, 3.05) is 45.9 Å². The molecule has 0 saturated carbocycles. The number of aliphatic hydroxyl groups is 1. The molecule has 5 aromatic carbocycles. The molecule has 2 aromatic heterocycles. The average Bonchev–Trinajstić information content (AvgIpc) is 3.40. The molecule has 0 aliphatic rings. The first-order valence-corrected chi connectivity index (χ1v) is 23.0. The summed E-state index contributed by atoms with van der Waals surface area (Å²) in [5.41, 5.74) is 9.33. The van der Waals surface area contributed by atoms with Crippen LogP contribution in [0.5, 0.6) is 5.75 Å². The zero-order valence-electron chi connectivity index (χ0n) is 39.2. The molecule has 4 atom stereocenters. The molecule has 0 bridgehead atoms. The van der Waals surface area contributed by atoms with E-state index in [4.69, 9.17) is 10.5 Å². The van der Waals surface area contributed by atoms with E-state index in [-0.39, 0.29) is 24.4 Å². The number of carbonyl (C=O) groups excluding carboxylic acids is 4. The van der Waals surface area contributed by atoms with Crippen LogP contribution in [0, 0.1) is 0 Å². The molecule has 0 aliphatic heterocycles. The Bertz CT molecular complexity index is 2880. The Hall–Kier alpha value is -7.85. The molecule has 14 nitrogen and oxygen atoms in total. The van der Waals surface area contributed by atoms with E-state index in [2.05, 4.69) is 21.9 Å². The van der Waals surface area contributed by atoms with Crippen LogP contribution in [-0.2, 0) is 19.2 Å². The van der Waals surface area contributed by atoms with Crippen molar-refractivity contribution in [1.29, 1.82) is 0 Å². The van der Waals surface area contributed by atoms with Crippen molar-refractivity contribution in [2.45, 2.75) is 38.5 Å². The number of pyridine rings is 2. The molecule has 0 spiro atoms. The van der Waals surface area contributed by atoms with Gasteiger partial charge in [0.05, 0.1) is 24.6 Å². The third kappa shape index (κ3) is 12.4. The topological polar surface area (TPSA) is 175 Å². The number of aliphatic hydroxyl groups excluding tert-OH is 1. The number of nitrogens with zero attached hydrogens (tertiary/aromatic N) is 6. The van der Waals surface area contributed by atoms with Gasteiger partial charge in [-0.15, -0.1) is 0 Å². The van der Waals surface area contributed by atoms with Crippen LogP contribution in [0.2, 0.25) is 0 Å². The minimum Gasteiger partial charge on any atom is -0.492 e. The second-order valence-electron chi connectivity index (χ2n) is 16.8. The van der Waals surface area contributed by atoms with Crippen molar-refractivity contribution in [2.24, 2.45) is 5.73 Å². The third-order valence-corrected chi connectivity index (χ3v) is 12.2. The maximum Gasteiger partial charge on any atom is 0.247 e. The van der Waals surface area contributed by atoms with Gasteiger partial charge in [0.2, 0.25) is 29.9 Å². The van der Waals surface area contributed by atoms with E-state index in [1.165, 1.54) is 21.9 Å². The molecule has 4 amide bonds. The zero-order valence-corrected chi connectivity index (χ0v) is 39.2. The lowest BCUT2D eigenvalue weighted by Gasteiger charge is -2.36. The molecule has 7 rings (SSSR count). The predicted octanol–water partition coefficient (Wildman–Crippen LogP) is 7.20. The molecule has 7 aromatic rings. The summed E-state index contributed by atoms with van der Waals surface area (Å²) in [6.45, 7) is 5.87. The van der Waals surface area contributed by atoms with Gasteiger partial charge in [-0.3, -0.25) is 38.9 Å². The fraction of sp³-hybridized carbons (Fsp3) is 0.236. The van der Waals surface area contributed by atoms with Gasteiger partial charge in [-0.2, -0.15) is 0 Å². The lowest BCUT2D eigenvalue weighted by atomic mass is 10.1. The van der Waals surface area contributed by atoms with E-state index in [1.54, 1.807) is 92.1 Å². The number of ether oxygens (including phenoxy) is 1. The number of nitrogens with two attached hydrogens (primary N) is 1. The molecule has 360 valence electrons. The van der Waals surface area contributed by atoms with Gasteiger partial charge in [0.15, 0.2) is 0 Å². The molecule has 0 aliphatic carbocycles. The highest BCUT2D eigenvalue weighted by Gasteiger charge is 2.35. The van der Waals surface area contributed by atoms with Gasteiger partial charge < -0.3 is 30.7 Å². The van der Waals surface area contributed by atoms with Gasteiger partial charge in [0, 0.05) is 53.6 Å². The Balaban J connectivity index is 1.12. The molecule has 0 fully saturated rings. The summed E-state index contributed by atoms with van der Waals surface area (Å²) in [7, 11) is 0. The number of alkyl halides is 1. The molecule has 0 saturated heterocycles. The van der Waals surface area contributed by atoms with E-state index >= 15 is 4.39 Å². The van der Waals surface area contributed by atoms with E-state index < -0.39 is 74.4 Å². The quantitative estimate of drug-likeness (QED) is 0.0258. The minimum atomic E-state index is -2.12. The van der Waals surface area contributed by atoms with Crippen molar-refractivity contribution < 1.29 is 33.4 Å². The highest BCUT2D eigenvalue weighted by atomic mass is 19.1. The Morgan fingerprint density at radius 3 is 1.86 bits per heavy atom. The van der Waals surface area contributed by atoms with Gasteiger partial charge in [0.1, 0.15) is 37.2 Å². The largest absolute Gasteiger partial charge is 0.492 e. The van der Waals surface area contributed by atoms with E-state index in [9.17, 15) is 24.3 Å². The zero-order chi connectivity index (χ0) is 49.6. The van der Waals surface area contributed by atoms with Crippen LogP contribution in [-0.4, -0.2) is 110 Å². The van der Waals surface area contributed by atoms with E-state index in [1.807, 2.05) is 73.7 Å². The van der Waals surface area contributed by atoms with Gasteiger partial charge in [-0.05, 0) is 54.8 Å². The third-order valence-electron chi connectivity index (χ3n) is 12.2. The van der Waals surface area contributed by atoms with Gasteiger partial charge in [-0.25, -0.2) is 4.39 Å². The summed E-state index contributed by atoms with van der Waals surface area (Å²) >= 11 is 0. The summed E-state index contributed by atoms with van der Waals surface area (Å²) < 4.78 is 23.3. The number of nitrogens with one attached hydrogen (secondary N) is 1. The van der Waals surface area contributed by atoms with Crippen LogP contribution in [0.3, 0.4) is 0 Å². The number of carbonyl (C=O) groups is 4. The number of primary amides is 1. The van der Waals surface area contributed by atoms with Crippen LogP contribution >= 0.6 is 0 Å². The first-order chi connectivity index (χ1) is 33.9. The summed E-state index contributed by atoms with van der Waals surface area (Å²) in [5.74, 6) is -2.41. The highest BCUT2D eigenvalue weighted by molar-refractivity contribution is 6.05. The number of amides is 4. The highest BCUT2D eigenvalue weighted by Crippen LogP contribution is 2.32. The van der Waals surface area contributed by atoms with Crippen LogP contribution < -0.4 is 15.8 Å². The summed E-state index contributed by atoms with van der Waals surface area (Å²) in [4.78, 5) is 70.0. The SMILES string of the molecule is C=C(c1ccccc1)N(CC(=O)N(CC(N)=O)[C@@H](C)c1ccccc1)C(=O)CN(C(=O)CN(C(O)CNCCOc1cc2cccnc2c2ncccc12)[C@@H](C)c1ccccc1)[C@@H](F)c1ccccc1. The van der Waals surface area contributed by atoms with Crippen molar-refractivity contribution in [3.63, 3.8) is 0 Å².